The smallest absolute Gasteiger partial charge is 0.351 e. The van der Waals surface area contributed by atoms with E-state index in [1.165, 1.54) is 13.8 Å². The molecule has 1 heterocycles. The number of nitrogens with one attached hydrogen (secondary N) is 6. The molecule has 1 aliphatic heterocycles. The molecule has 0 spiro atoms. The molecule has 0 fully saturated rings. The van der Waals surface area contributed by atoms with Crippen LogP contribution in [0.2, 0.25) is 0 Å². The summed E-state index contributed by atoms with van der Waals surface area (Å²) in [6.07, 6.45) is -1.42. The minimum Gasteiger partial charge on any atom is -0.841 e. The van der Waals surface area contributed by atoms with Crippen molar-refractivity contribution in [1.29, 1.82) is 0 Å². The number of benzene rings is 1. The molecule has 0 aliphatic carbocycles. The number of carboxylic acids is 3. The zero-order valence-corrected chi connectivity index (χ0v) is 29.2. The maximum atomic E-state index is 13.4. The summed E-state index contributed by atoms with van der Waals surface area (Å²) in [6, 6.07) is 1.67. The third-order valence-corrected chi connectivity index (χ3v) is 8.79. The molecule has 2 rings (SSSR count). The Hall–Kier alpha value is -5.50. The number of amides is 5. The van der Waals surface area contributed by atoms with Crippen LogP contribution in [-0.4, -0.2) is 110 Å². The highest BCUT2D eigenvalue weighted by Gasteiger charge is 2.34. The molecule has 52 heavy (non-hydrogen) atoms. The quantitative estimate of drug-likeness (QED) is 0.0614. The largest absolute Gasteiger partial charge is 0.841 e. The molecule has 284 valence electrons. The van der Waals surface area contributed by atoms with E-state index in [0.29, 0.717) is 23.6 Å². The molecule has 20 heteroatoms. The second kappa shape index (κ2) is 20.4. The number of carbonyl (C=O) groups excluding carboxylic acids is 6. The maximum absolute atomic E-state index is 13.4. The van der Waals surface area contributed by atoms with E-state index in [-0.39, 0.29) is 18.4 Å². The molecule has 0 saturated carbocycles. The molecule has 0 aromatic heterocycles. The Bertz CT molecular complexity index is 1560. The van der Waals surface area contributed by atoms with Gasteiger partial charge in [-0.2, -0.15) is 0 Å². The zero-order chi connectivity index (χ0) is 39.1. The molecular weight excluding hydrogens is 708 g/mol. The van der Waals surface area contributed by atoms with Crippen molar-refractivity contribution in [2.75, 3.05) is 0 Å². The van der Waals surface area contributed by atoms with E-state index in [9.17, 15) is 58.5 Å². The minimum absolute atomic E-state index is 0.0888. The maximum Gasteiger partial charge on any atom is 0.351 e. The van der Waals surface area contributed by atoms with Gasteiger partial charge in [0.25, 0.3) is 0 Å². The van der Waals surface area contributed by atoms with Gasteiger partial charge in [0.2, 0.25) is 29.5 Å². The first-order chi connectivity index (χ1) is 24.4. The van der Waals surface area contributed by atoms with Gasteiger partial charge in [-0.25, -0.2) is 9.59 Å². The summed E-state index contributed by atoms with van der Waals surface area (Å²) in [7, 11) is 0. The van der Waals surface area contributed by atoms with Gasteiger partial charge in [-0.05, 0) is 44.2 Å². The fraction of sp³-hybridized carbons (Fsp3) is 0.469. The summed E-state index contributed by atoms with van der Waals surface area (Å²) in [5.41, 5.74) is -2.01. The van der Waals surface area contributed by atoms with Crippen LogP contribution in [0.5, 0.6) is 0 Å². The van der Waals surface area contributed by atoms with E-state index in [2.05, 4.69) is 31.9 Å². The highest BCUT2D eigenvalue weighted by atomic mass is 32.2. The summed E-state index contributed by atoms with van der Waals surface area (Å²) in [5, 5.41) is 54.6. The van der Waals surface area contributed by atoms with Crippen molar-refractivity contribution in [2.24, 2.45) is 0 Å². The average Bonchev–Trinajstić information content (AvgIpc) is 3.07. The van der Waals surface area contributed by atoms with E-state index in [1.54, 1.807) is 30.3 Å². The average molecular weight is 750 g/mol. The van der Waals surface area contributed by atoms with Crippen LogP contribution in [0.1, 0.15) is 52.0 Å². The van der Waals surface area contributed by atoms with Gasteiger partial charge in [-0.1, -0.05) is 35.8 Å². The molecule has 0 radical (unpaired) electrons. The van der Waals surface area contributed by atoms with Gasteiger partial charge < -0.3 is 57.1 Å². The minimum atomic E-state index is -1.82. The van der Waals surface area contributed by atoms with Crippen molar-refractivity contribution in [1.82, 2.24) is 31.9 Å². The van der Waals surface area contributed by atoms with Crippen LogP contribution >= 0.6 is 11.8 Å². The van der Waals surface area contributed by atoms with Crippen LogP contribution < -0.4 is 37.0 Å². The molecule has 19 nitrogen and oxygen atoms in total. The lowest BCUT2D eigenvalue weighted by Crippen LogP contribution is -2.55. The number of hydrogen-bond donors (Lipinski definition) is 9. The zero-order valence-electron chi connectivity index (χ0n) is 28.4. The predicted molar refractivity (Wildman–Crippen MR) is 180 cm³/mol. The van der Waals surface area contributed by atoms with Gasteiger partial charge in [0, 0.05) is 13.3 Å². The standard InChI is InChI=1S/C32H41N6O13S/c1-15(26(43)34-16(2)29(45)46)33-27(44)20(36-23(41)12-11-21(30(47)48)35-17(3)40)10-9-19-25(31(49)50)38-28(52-32(19)51)22(14-39)37-24(42)13-18-7-5-4-6-8-18/h4-8,14-16,20-22,28,32,38H,9-13H2,1-3H3,(H,33,44)(H,34,43)(H,35,40)(H,36,41)(H,37,42)(H,45,46)(H,47,48)(H,49,50)/q-1/t15-,16-,20+,21-,22-,28-,32?/m1/s1. The predicted octanol–water partition coefficient (Wildman–Crippen LogP) is -2.67. The van der Waals surface area contributed by atoms with E-state index < -0.39 is 113 Å². The molecule has 1 aromatic carbocycles. The van der Waals surface area contributed by atoms with Crippen molar-refractivity contribution in [3.8, 4) is 0 Å². The summed E-state index contributed by atoms with van der Waals surface area (Å²) < 4.78 is 0. The Labute approximate surface area is 301 Å². The number of thioether (sulfide) groups is 1. The Balaban J connectivity index is 2.26. The first kappa shape index (κ1) is 42.7. The van der Waals surface area contributed by atoms with Crippen LogP contribution in [0.15, 0.2) is 41.6 Å². The molecule has 0 saturated heterocycles. The number of aldehydes is 1. The Morgan fingerprint density at radius 3 is 2.02 bits per heavy atom. The fourth-order valence-electron chi connectivity index (χ4n) is 4.81. The normalized spacial score (nSPS) is 18.2. The van der Waals surface area contributed by atoms with Crippen LogP contribution in [0, 0.1) is 0 Å². The lowest BCUT2D eigenvalue weighted by atomic mass is 10.0. The lowest BCUT2D eigenvalue weighted by molar-refractivity contribution is -0.375. The van der Waals surface area contributed by atoms with Crippen molar-refractivity contribution in [3.05, 3.63) is 47.2 Å². The first-order valence-electron chi connectivity index (χ1n) is 15.9. The third kappa shape index (κ3) is 13.7. The van der Waals surface area contributed by atoms with Gasteiger partial charge in [-0.3, -0.25) is 28.8 Å². The number of carbonyl (C=O) groups is 9. The summed E-state index contributed by atoms with van der Waals surface area (Å²) in [5.74, 6) is -8.31. The fourth-order valence-corrected chi connectivity index (χ4v) is 5.96. The second-order valence-electron chi connectivity index (χ2n) is 11.7. The van der Waals surface area contributed by atoms with Gasteiger partial charge in [-0.15, -0.1) is 11.8 Å². The second-order valence-corrected chi connectivity index (χ2v) is 12.9. The Kier molecular flexibility index (Phi) is 16.7. The highest BCUT2D eigenvalue weighted by Crippen LogP contribution is 2.31. The van der Waals surface area contributed by atoms with Crippen molar-refractivity contribution >= 4 is 65.5 Å². The number of rotatable bonds is 20. The summed E-state index contributed by atoms with van der Waals surface area (Å²) in [4.78, 5) is 109. The molecule has 1 unspecified atom stereocenters. The number of aliphatic carboxylic acids is 3. The molecule has 5 amide bonds. The number of carboxylic acid groups (broad SMARTS) is 3. The molecule has 9 N–H and O–H groups in total. The van der Waals surface area contributed by atoms with E-state index in [0.717, 1.165) is 6.92 Å². The Morgan fingerprint density at radius 2 is 1.46 bits per heavy atom. The lowest BCUT2D eigenvalue weighted by Gasteiger charge is -2.39. The SMILES string of the molecule is CC(=O)N[C@H](CCC(=O)N[C@@H](CCC1=C(C(=O)O)N[C@@H]([C@@H](C=O)NC(=O)Cc2ccccc2)SC1[O-])C(=O)N[C@H](C)C(=O)N[C@H](C)C(=O)O)C(=O)O. The van der Waals surface area contributed by atoms with Gasteiger partial charge in [0.1, 0.15) is 42.2 Å². The van der Waals surface area contributed by atoms with Gasteiger partial charge in [0.05, 0.1) is 11.8 Å². The van der Waals surface area contributed by atoms with Crippen molar-refractivity contribution in [3.63, 3.8) is 0 Å². The van der Waals surface area contributed by atoms with E-state index in [4.69, 9.17) is 5.11 Å². The third-order valence-electron chi connectivity index (χ3n) is 7.56. The van der Waals surface area contributed by atoms with Crippen LogP contribution in [0.3, 0.4) is 0 Å². The van der Waals surface area contributed by atoms with Crippen LogP contribution in [-0.2, 0) is 49.6 Å². The van der Waals surface area contributed by atoms with E-state index >= 15 is 0 Å². The first-order valence-corrected chi connectivity index (χ1v) is 16.8. The van der Waals surface area contributed by atoms with Crippen molar-refractivity contribution < 1.29 is 63.6 Å². The molecule has 1 aliphatic rings. The molecule has 0 bridgehead atoms. The summed E-state index contributed by atoms with van der Waals surface area (Å²) >= 11 is 0.599. The topological polar surface area (TPSA) is 310 Å². The summed E-state index contributed by atoms with van der Waals surface area (Å²) in [6.45, 7) is 3.50. The molecular formula is C32H41N6O13S-. The highest BCUT2D eigenvalue weighted by molar-refractivity contribution is 8.00. The van der Waals surface area contributed by atoms with Crippen LogP contribution in [0.25, 0.3) is 0 Å². The Morgan fingerprint density at radius 1 is 0.827 bits per heavy atom. The van der Waals surface area contributed by atoms with Crippen LogP contribution in [0.4, 0.5) is 0 Å². The molecule has 1 aromatic rings. The monoisotopic (exact) mass is 749 g/mol. The van der Waals surface area contributed by atoms with Gasteiger partial charge >= 0.3 is 17.9 Å². The van der Waals surface area contributed by atoms with Crippen molar-refractivity contribution in [2.45, 2.75) is 93.9 Å². The molecule has 7 atom stereocenters. The number of hydrogen-bond acceptors (Lipinski definition) is 12. The van der Waals surface area contributed by atoms with Gasteiger partial charge in [0.15, 0.2) is 0 Å². The van der Waals surface area contributed by atoms with E-state index in [1.807, 2.05) is 0 Å².